The van der Waals surface area contributed by atoms with E-state index in [9.17, 15) is 14.0 Å². The number of ether oxygens (including phenoxy) is 1. The number of carbonyl (C=O) groups excluding carboxylic acids is 1. The molecular weight excluding hydrogens is 385 g/mol. The standard InChI is InChI=1S/C23H24FN3O3/c1-5-15-9-10-17(16(24)11-15)26-23-21(22(25)29)19(12-20(28)27(23)4)30-18-8-6-7-13(2)14(18)3/h6-12,26H,5H2,1-4H3,(H2,25,29). The Bertz CT molecular complexity index is 1190. The van der Waals surface area contributed by atoms with Gasteiger partial charge in [-0.25, -0.2) is 4.39 Å². The Morgan fingerprint density at radius 2 is 1.90 bits per heavy atom. The van der Waals surface area contributed by atoms with Crippen molar-refractivity contribution in [2.45, 2.75) is 27.2 Å². The van der Waals surface area contributed by atoms with Gasteiger partial charge in [0.25, 0.3) is 11.5 Å². The van der Waals surface area contributed by atoms with Crippen molar-refractivity contribution in [3.8, 4) is 11.5 Å². The molecule has 0 bridgehead atoms. The predicted octanol–water partition coefficient (Wildman–Crippen LogP) is 4.34. The zero-order valence-electron chi connectivity index (χ0n) is 17.4. The lowest BCUT2D eigenvalue weighted by Crippen LogP contribution is -2.25. The number of hydrogen-bond donors (Lipinski definition) is 2. The van der Waals surface area contributed by atoms with Crippen molar-refractivity contribution >= 4 is 17.4 Å². The van der Waals surface area contributed by atoms with Crippen LogP contribution >= 0.6 is 0 Å². The molecule has 3 aromatic rings. The van der Waals surface area contributed by atoms with Crippen LogP contribution in [-0.2, 0) is 13.5 Å². The van der Waals surface area contributed by atoms with Crippen LogP contribution in [0.1, 0.15) is 34.0 Å². The summed E-state index contributed by atoms with van der Waals surface area (Å²) in [5, 5.41) is 2.84. The number of nitrogens with one attached hydrogen (secondary N) is 1. The van der Waals surface area contributed by atoms with Crippen LogP contribution in [0.5, 0.6) is 11.5 Å². The monoisotopic (exact) mass is 409 g/mol. The molecule has 1 heterocycles. The van der Waals surface area contributed by atoms with Gasteiger partial charge in [-0.1, -0.05) is 25.1 Å². The van der Waals surface area contributed by atoms with Crippen molar-refractivity contribution in [3.05, 3.63) is 80.9 Å². The molecule has 0 radical (unpaired) electrons. The number of amides is 1. The fourth-order valence-electron chi connectivity index (χ4n) is 3.10. The Balaban J connectivity index is 2.14. The highest BCUT2D eigenvalue weighted by molar-refractivity contribution is 6.01. The molecule has 0 aliphatic heterocycles. The third-order valence-electron chi connectivity index (χ3n) is 5.12. The summed E-state index contributed by atoms with van der Waals surface area (Å²) in [6.45, 7) is 5.72. The zero-order chi connectivity index (χ0) is 22.0. The number of hydrogen-bond acceptors (Lipinski definition) is 4. The maximum atomic E-state index is 14.5. The molecule has 0 aliphatic rings. The average molecular weight is 409 g/mol. The molecule has 3 rings (SSSR count). The van der Waals surface area contributed by atoms with Crippen molar-refractivity contribution in [2.24, 2.45) is 12.8 Å². The lowest BCUT2D eigenvalue weighted by Gasteiger charge is -2.19. The minimum absolute atomic E-state index is 0.00684. The third kappa shape index (κ3) is 4.05. The van der Waals surface area contributed by atoms with Crippen LogP contribution in [0.15, 0.2) is 47.3 Å². The number of anilines is 2. The maximum absolute atomic E-state index is 14.5. The highest BCUT2D eigenvalue weighted by Gasteiger charge is 2.22. The Kier molecular flexibility index (Phi) is 5.91. The van der Waals surface area contributed by atoms with E-state index in [2.05, 4.69) is 5.32 Å². The minimum Gasteiger partial charge on any atom is -0.456 e. The number of nitrogens with zero attached hydrogens (tertiary/aromatic N) is 1. The van der Waals surface area contributed by atoms with Crippen LogP contribution in [0.25, 0.3) is 0 Å². The summed E-state index contributed by atoms with van der Waals surface area (Å²) in [4.78, 5) is 24.9. The van der Waals surface area contributed by atoms with Gasteiger partial charge in [0.05, 0.1) is 5.69 Å². The second kappa shape index (κ2) is 8.41. The number of pyridine rings is 1. The first-order valence-corrected chi connectivity index (χ1v) is 9.56. The van der Waals surface area contributed by atoms with E-state index >= 15 is 0 Å². The smallest absolute Gasteiger partial charge is 0.256 e. The molecule has 1 amide bonds. The Hall–Kier alpha value is -3.61. The number of nitrogens with two attached hydrogens (primary N) is 1. The molecule has 0 fully saturated rings. The van der Waals surface area contributed by atoms with Crippen LogP contribution in [0.2, 0.25) is 0 Å². The van der Waals surface area contributed by atoms with Gasteiger partial charge in [-0.3, -0.25) is 14.2 Å². The number of benzene rings is 2. The summed E-state index contributed by atoms with van der Waals surface area (Å²) >= 11 is 0. The molecule has 0 saturated heterocycles. The van der Waals surface area contributed by atoms with Gasteiger partial charge in [0.15, 0.2) is 0 Å². The number of aryl methyl sites for hydroxylation is 2. The number of carbonyl (C=O) groups is 1. The SMILES string of the molecule is CCc1ccc(Nc2c(C(N)=O)c(Oc3cccc(C)c3C)cc(=O)n2C)c(F)c1. The molecule has 6 nitrogen and oxygen atoms in total. The van der Waals surface area contributed by atoms with E-state index in [-0.39, 0.29) is 22.8 Å². The second-order valence-electron chi connectivity index (χ2n) is 7.09. The van der Waals surface area contributed by atoms with E-state index in [1.54, 1.807) is 18.2 Å². The Morgan fingerprint density at radius 3 is 2.53 bits per heavy atom. The normalized spacial score (nSPS) is 10.7. The Morgan fingerprint density at radius 1 is 1.17 bits per heavy atom. The molecular formula is C23H24FN3O3. The van der Waals surface area contributed by atoms with Gasteiger partial charge in [-0.15, -0.1) is 0 Å². The summed E-state index contributed by atoms with van der Waals surface area (Å²) in [6.07, 6.45) is 0.682. The molecule has 1 aromatic heterocycles. The molecule has 2 aromatic carbocycles. The third-order valence-corrected chi connectivity index (χ3v) is 5.12. The molecule has 0 atom stereocenters. The minimum atomic E-state index is -0.806. The topological polar surface area (TPSA) is 86.3 Å². The first-order valence-electron chi connectivity index (χ1n) is 9.56. The van der Waals surface area contributed by atoms with Gasteiger partial charge < -0.3 is 15.8 Å². The zero-order valence-corrected chi connectivity index (χ0v) is 17.4. The van der Waals surface area contributed by atoms with Crippen molar-refractivity contribution in [2.75, 3.05) is 5.32 Å². The summed E-state index contributed by atoms with van der Waals surface area (Å²) in [6, 6.07) is 11.4. The van der Waals surface area contributed by atoms with E-state index < -0.39 is 17.3 Å². The maximum Gasteiger partial charge on any atom is 0.256 e. The number of halogens is 1. The molecule has 0 saturated carbocycles. The summed E-state index contributed by atoms with van der Waals surface area (Å²) in [7, 11) is 1.47. The van der Waals surface area contributed by atoms with E-state index in [4.69, 9.17) is 10.5 Å². The summed E-state index contributed by atoms with van der Waals surface area (Å²) in [5.41, 5.74) is 7.95. The lowest BCUT2D eigenvalue weighted by atomic mass is 10.1. The Labute approximate surface area is 174 Å². The molecule has 0 aliphatic carbocycles. The highest BCUT2D eigenvalue weighted by atomic mass is 19.1. The van der Waals surface area contributed by atoms with Crippen LogP contribution < -0.4 is 21.3 Å². The van der Waals surface area contributed by atoms with Gasteiger partial charge in [0, 0.05) is 13.1 Å². The molecule has 7 heteroatoms. The van der Waals surface area contributed by atoms with Gasteiger partial charge in [-0.2, -0.15) is 0 Å². The van der Waals surface area contributed by atoms with E-state index in [0.717, 1.165) is 16.7 Å². The molecule has 3 N–H and O–H groups in total. The predicted molar refractivity (Wildman–Crippen MR) is 115 cm³/mol. The summed E-state index contributed by atoms with van der Waals surface area (Å²) < 4.78 is 21.6. The number of aromatic nitrogens is 1. The molecule has 30 heavy (non-hydrogen) atoms. The molecule has 0 unspecified atom stereocenters. The number of rotatable bonds is 6. The fourth-order valence-corrected chi connectivity index (χ4v) is 3.10. The van der Waals surface area contributed by atoms with Gasteiger partial charge >= 0.3 is 0 Å². The van der Waals surface area contributed by atoms with Gasteiger partial charge in [0.1, 0.15) is 28.7 Å². The van der Waals surface area contributed by atoms with Crippen LogP contribution in [0.3, 0.4) is 0 Å². The van der Waals surface area contributed by atoms with Crippen molar-refractivity contribution in [3.63, 3.8) is 0 Å². The van der Waals surface area contributed by atoms with Crippen LogP contribution in [-0.4, -0.2) is 10.5 Å². The van der Waals surface area contributed by atoms with Crippen LogP contribution in [0, 0.1) is 19.7 Å². The van der Waals surface area contributed by atoms with E-state index in [1.165, 1.54) is 23.7 Å². The number of primary amides is 1. The first-order chi connectivity index (χ1) is 14.2. The van der Waals surface area contributed by atoms with Crippen molar-refractivity contribution < 1.29 is 13.9 Å². The second-order valence-corrected chi connectivity index (χ2v) is 7.09. The van der Waals surface area contributed by atoms with Crippen molar-refractivity contribution in [1.29, 1.82) is 0 Å². The van der Waals surface area contributed by atoms with Crippen molar-refractivity contribution in [1.82, 2.24) is 4.57 Å². The largest absolute Gasteiger partial charge is 0.456 e. The fraction of sp³-hybridized carbons (Fsp3) is 0.217. The highest BCUT2D eigenvalue weighted by Crippen LogP contribution is 2.33. The van der Waals surface area contributed by atoms with Gasteiger partial charge in [-0.05, 0) is 55.2 Å². The average Bonchev–Trinajstić information content (AvgIpc) is 2.70. The lowest BCUT2D eigenvalue weighted by molar-refractivity contribution is 0.0998. The van der Waals surface area contributed by atoms with E-state index in [0.29, 0.717) is 12.2 Å². The summed E-state index contributed by atoms with van der Waals surface area (Å²) in [5.74, 6) is -0.752. The molecule has 156 valence electrons. The van der Waals surface area contributed by atoms with Gasteiger partial charge in [0.2, 0.25) is 0 Å². The van der Waals surface area contributed by atoms with E-state index in [1.807, 2.05) is 32.9 Å². The molecule has 0 spiro atoms. The quantitative estimate of drug-likeness (QED) is 0.634. The first kappa shape index (κ1) is 21.1. The van der Waals surface area contributed by atoms with Crippen LogP contribution in [0.4, 0.5) is 15.9 Å².